The number of ether oxygens (including phenoxy) is 2. The second kappa shape index (κ2) is 18.4. The number of nitrogens with one attached hydrogen (secondary N) is 3. The summed E-state index contributed by atoms with van der Waals surface area (Å²) in [5.74, 6) is -1.75. The van der Waals surface area contributed by atoms with Crippen molar-refractivity contribution in [1.82, 2.24) is 35.5 Å². The third kappa shape index (κ3) is 9.35. The number of hydrogen-bond acceptors (Lipinski definition) is 10. The Morgan fingerprint density at radius 1 is 1.10 bits per heavy atom. The zero-order valence-electron chi connectivity index (χ0n) is 38.3. The number of pyridine rings is 1. The highest BCUT2D eigenvalue weighted by molar-refractivity contribution is 5.96. The molecular weight excluding hydrogens is 799 g/mol. The lowest BCUT2D eigenvalue weighted by molar-refractivity contribution is -0.155. The maximum atomic E-state index is 14.7. The first-order chi connectivity index (χ1) is 29.9. The first kappa shape index (κ1) is 45.7. The summed E-state index contributed by atoms with van der Waals surface area (Å²) >= 11 is 0. The molecule has 6 bridgehead atoms. The lowest BCUT2D eigenvalue weighted by Crippen LogP contribution is -2.62. The summed E-state index contributed by atoms with van der Waals surface area (Å²) in [5.41, 5.74) is 9.07. The smallest absolute Gasteiger partial charge is 0.324 e. The maximum Gasteiger partial charge on any atom is 0.324 e. The predicted octanol–water partition coefficient (Wildman–Crippen LogP) is 5.93. The van der Waals surface area contributed by atoms with Gasteiger partial charge in [-0.05, 0) is 118 Å². The van der Waals surface area contributed by atoms with Crippen molar-refractivity contribution < 1.29 is 33.8 Å². The van der Waals surface area contributed by atoms with Crippen LogP contribution in [0.3, 0.4) is 0 Å². The van der Waals surface area contributed by atoms with Crippen LogP contribution >= 0.6 is 0 Å². The number of hydrogen-bond donors (Lipinski definition) is 4. The lowest BCUT2D eigenvalue weighted by Gasteiger charge is -2.38. The molecule has 2 aromatic carbocycles. The van der Waals surface area contributed by atoms with Gasteiger partial charge in [0.2, 0.25) is 11.8 Å². The highest BCUT2D eigenvalue weighted by Gasteiger charge is 2.43. The first-order valence-corrected chi connectivity index (χ1v) is 22.4. The molecule has 5 heterocycles. The van der Waals surface area contributed by atoms with E-state index in [1.54, 1.807) is 32.5 Å². The number of methoxy groups -OCH3 is 1. The second-order valence-electron chi connectivity index (χ2n) is 19.1. The Bertz CT molecular complexity index is 2370. The van der Waals surface area contributed by atoms with E-state index in [-0.39, 0.29) is 36.7 Å². The molecule has 14 heteroatoms. The van der Waals surface area contributed by atoms with Crippen LogP contribution < -0.4 is 16.1 Å². The number of phenols is 1. The molecule has 2 saturated heterocycles. The number of cyclic esters (lactones) is 1. The topological polar surface area (TPSA) is 167 Å². The number of esters is 1. The molecule has 4 N–H and O–H groups in total. The zero-order valence-corrected chi connectivity index (χ0v) is 38.3. The number of amides is 3. The minimum atomic E-state index is -1.11. The molecule has 7 rings (SSSR count). The van der Waals surface area contributed by atoms with Gasteiger partial charge in [-0.25, -0.2) is 5.43 Å². The summed E-state index contributed by atoms with van der Waals surface area (Å²) in [7, 11) is 3.33. The number of phenolic OH excluding ortho intramolecular Hbond substituents is 1. The monoisotopic (exact) mass is 863 g/mol. The van der Waals surface area contributed by atoms with E-state index in [4.69, 9.17) is 14.5 Å². The number of aromatic nitrogens is 2. The Morgan fingerprint density at radius 2 is 1.87 bits per heavy atom. The van der Waals surface area contributed by atoms with Gasteiger partial charge in [0.05, 0.1) is 29.5 Å². The maximum absolute atomic E-state index is 14.7. The molecule has 3 amide bonds. The van der Waals surface area contributed by atoms with E-state index in [1.165, 1.54) is 9.91 Å². The van der Waals surface area contributed by atoms with Crippen LogP contribution in [0.15, 0.2) is 54.7 Å². The van der Waals surface area contributed by atoms with Gasteiger partial charge in [0.15, 0.2) is 0 Å². The third-order valence-corrected chi connectivity index (χ3v) is 13.2. The van der Waals surface area contributed by atoms with Crippen LogP contribution in [0, 0.1) is 16.7 Å². The van der Waals surface area contributed by atoms with Gasteiger partial charge in [0, 0.05) is 68.3 Å². The number of carbonyl (C=O) groups excluding carboxylic acids is 4. The Hall–Kier alpha value is -5.31. The summed E-state index contributed by atoms with van der Waals surface area (Å²) < 4.78 is 14.2. The third-order valence-electron chi connectivity index (χ3n) is 13.2. The fourth-order valence-corrected chi connectivity index (χ4v) is 9.80. The van der Waals surface area contributed by atoms with E-state index in [9.17, 15) is 24.3 Å². The molecular formula is C49H65N7O7. The van der Waals surface area contributed by atoms with Gasteiger partial charge in [-0.1, -0.05) is 39.8 Å². The van der Waals surface area contributed by atoms with Crippen LogP contribution in [-0.2, 0) is 48.0 Å². The van der Waals surface area contributed by atoms with Crippen molar-refractivity contribution in [3.8, 4) is 28.1 Å². The zero-order chi connectivity index (χ0) is 45.4. The van der Waals surface area contributed by atoms with E-state index in [2.05, 4.69) is 59.6 Å². The van der Waals surface area contributed by atoms with E-state index in [0.717, 1.165) is 44.5 Å². The Labute approximate surface area is 371 Å². The van der Waals surface area contributed by atoms with E-state index in [0.29, 0.717) is 57.4 Å². The van der Waals surface area contributed by atoms with Gasteiger partial charge >= 0.3 is 5.97 Å². The average Bonchev–Trinajstić information content (AvgIpc) is 3.84. The molecule has 2 aromatic heterocycles. The van der Waals surface area contributed by atoms with E-state index < -0.39 is 46.7 Å². The normalized spacial score (nSPS) is 22.7. The highest BCUT2D eigenvalue weighted by Crippen LogP contribution is 2.42. The fourth-order valence-electron chi connectivity index (χ4n) is 9.80. The molecule has 0 unspecified atom stereocenters. The van der Waals surface area contributed by atoms with Crippen LogP contribution in [0.1, 0.15) is 90.7 Å². The summed E-state index contributed by atoms with van der Waals surface area (Å²) in [6, 6.07) is 12.8. The number of hydrazine groups is 1. The number of nitrogens with zero attached hydrogens (tertiary/aromatic N) is 4. The number of likely N-dealkylation sites (N-methyl/N-ethyl adjacent to an activating group) is 1. The minimum Gasteiger partial charge on any atom is -0.508 e. The molecule has 5 atom stereocenters. The van der Waals surface area contributed by atoms with Crippen LogP contribution in [0.5, 0.6) is 5.75 Å². The van der Waals surface area contributed by atoms with Crippen LogP contribution in [0.2, 0.25) is 0 Å². The number of aryl methyl sites for hydroxylation is 1. The Balaban J connectivity index is 1.35. The van der Waals surface area contributed by atoms with Gasteiger partial charge in [-0.15, -0.1) is 0 Å². The summed E-state index contributed by atoms with van der Waals surface area (Å²) in [6.07, 6.45) is 3.75. The molecule has 63 heavy (non-hydrogen) atoms. The molecule has 0 radical (unpaired) electrons. The largest absolute Gasteiger partial charge is 0.508 e. The van der Waals surface area contributed by atoms with Crippen molar-refractivity contribution in [3.63, 3.8) is 0 Å². The number of benzene rings is 2. The van der Waals surface area contributed by atoms with E-state index in [1.807, 2.05) is 45.9 Å². The molecule has 14 nitrogen and oxygen atoms in total. The fraction of sp³-hybridized carbons (Fsp3) is 0.531. The van der Waals surface area contributed by atoms with Crippen molar-refractivity contribution in [1.29, 1.82) is 0 Å². The number of rotatable bonds is 9. The molecule has 0 aliphatic carbocycles. The average molecular weight is 864 g/mol. The van der Waals surface area contributed by atoms with Crippen molar-refractivity contribution in [2.75, 3.05) is 40.4 Å². The standard InChI is InChI=1S/C49H65N7O7/c1-10-55-40-16-15-32-25-36(40)37(43(55)35-13-11-18-51-41(35)30(4)62-9)26-48(5,6)28-63-46(60)38-14-12-20-56(53-38)45(59)39(23-31-21-33(32)24-34(57)22-31)52-44(58)42(29(2)3)54(8)47(61)49(7)17-19-50-27-49/h11,13,15-16,18,21-22,24-25,29-30,38-39,42,50,53,57H,10,12,14,17,19-20,23,26-28H2,1-9H3,(H,52,58)/t30-,38-,39-,42-,49-/m0/s1. The molecule has 3 aliphatic rings. The minimum absolute atomic E-state index is 0.0129. The van der Waals surface area contributed by atoms with Crippen molar-refractivity contribution >= 4 is 34.6 Å². The molecule has 0 spiro atoms. The second-order valence-corrected chi connectivity index (χ2v) is 19.1. The summed E-state index contributed by atoms with van der Waals surface area (Å²) in [5, 5.41) is 20.0. The predicted molar refractivity (Wildman–Crippen MR) is 242 cm³/mol. The molecule has 0 saturated carbocycles. The molecule has 3 aliphatic heterocycles. The van der Waals surface area contributed by atoms with Gasteiger partial charge in [0.1, 0.15) is 23.9 Å². The quantitative estimate of drug-likeness (QED) is 0.148. The lowest BCUT2D eigenvalue weighted by atomic mass is 9.84. The van der Waals surface area contributed by atoms with Crippen LogP contribution in [0.25, 0.3) is 33.3 Å². The van der Waals surface area contributed by atoms with Gasteiger partial charge in [-0.3, -0.25) is 29.2 Å². The Kier molecular flexibility index (Phi) is 13.4. The number of aromatic hydroxyl groups is 1. The molecule has 338 valence electrons. The number of carbonyl (C=O) groups is 4. The SMILES string of the molecule is CCn1c(-c2cccnc2[C@H](C)OC)c2c3cc(ccc31)-c1cc(O)cc(c1)C[C@H](NC(=O)[C@H](C(C)C)N(C)C(=O)[C@@]1(C)CCNC1)C(=O)N1CCC[C@H](N1)C(=O)OCC(C)(C)C2. The Morgan fingerprint density at radius 3 is 2.57 bits per heavy atom. The van der Waals surface area contributed by atoms with Gasteiger partial charge < -0.3 is 34.7 Å². The number of fused-ring (bicyclic) bond motifs is 6. The van der Waals surface area contributed by atoms with Crippen LogP contribution in [-0.4, -0.2) is 107 Å². The summed E-state index contributed by atoms with van der Waals surface area (Å²) in [4.78, 5) is 63.2. The first-order valence-electron chi connectivity index (χ1n) is 22.4. The van der Waals surface area contributed by atoms with Gasteiger partial charge in [0.25, 0.3) is 5.91 Å². The van der Waals surface area contributed by atoms with E-state index >= 15 is 0 Å². The highest BCUT2D eigenvalue weighted by atomic mass is 16.5. The van der Waals surface area contributed by atoms with Gasteiger partial charge in [-0.2, -0.15) is 0 Å². The van der Waals surface area contributed by atoms with Crippen molar-refractivity contribution in [2.45, 2.75) is 111 Å². The van der Waals surface area contributed by atoms with Crippen molar-refractivity contribution in [3.05, 3.63) is 71.5 Å². The molecule has 2 fully saturated rings. The molecule has 4 aromatic rings. The van der Waals surface area contributed by atoms with Crippen molar-refractivity contribution in [2.24, 2.45) is 16.7 Å². The summed E-state index contributed by atoms with van der Waals surface area (Å²) in [6.45, 7) is 16.3. The van der Waals surface area contributed by atoms with Crippen LogP contribution in [0.4, 0.5) is 0 Å².